The van der Waals surface area contributed by atoms with E-state index in [1.54, 1.807) is 0 Å². The fourth-order valence-corrected chi connectivity index (χ4v) is 3.35. The van der Waals surface area contributed by atoms with Gasteiger partial charge in [-0.15, -0.1) is 0 Å². The lowest BCUT2D eigenvalue weighted by atomic mass is 9.84. The van der Waals surface area contributed by atoms with Gasteiger partial charge in [-0.1, -0.05) is 39.0 Å². The summed E-state index contributed by atoms with van der Waals surface area (Å²) in [5.74, 6) is 1.66. The second-order valence-electron chi connectivity index (χ2n) is 6.35. The number of likely N-dealkylation sites (tertiary alicyclic amines) is 1. The molecule has 1 aliphatic carbocycles. The van der Waals surface area contributed by atoms with E-state index in [1.807, 2.05) is 4.90 Å². The van der Waals surface area contributed by atoms with Crippen LogP contribution in [0.1, 0.15) is 58.3 Å². The monoisotopic (exact) mass is 252 g/mol. The average molecular weight is 252 g/mol. The Labute approximate surface area is 111 Å². The van der Waals surface area contributed by atoms with Gasteiger partial charge in [0.2, 0.25) is 5.91 Å². The van der Waals surface area contributed by atoms with Crippen LogP contribution in [0.15, 0.2) is 0 Å². The van der Waals surface area contributed by atoms with Crippen molar-refractivity contribution < 1.29 is 4.79 Å². The number of carbonyl (C=O) groups is 1. The Bertz CT molecular complexity index is 266. The fourth-order valence-electron chi connectivity index (χ4n) is 3.35. The highest BCUT2D eigenvalue weighted by Gasteiger charge is 2.27. The Morgan fingerprint density at radius 2 is 1.78 bits per heavy atom. The lowest BCUT2D eigenvalue weighted by Gasteiger charge is -2.33. The van der Waals surface area contributed by atoms with Gasteiger partial charge in [0.1, 0.15) is 0 Å². The van der Waals surface area contributed by atoms with Gasteiger partial charge in [-0.2, -0.15) is 0 Å². The van der Waals surface area contributed by atoms with Crippen molar-refractivity contribution >= 4 is 5.91 Å². The van der Waals surface area contributed by atoms with Crippen LogP contribution in [0.4, 0.5) is 0 Å². The van der Waals surface area contributed by atoms with E-state index < -0.39 is 0 Å². The van der Waals surface area contributed by atoms with Gasteiger partial charge in [-0.3, -0.25) is 4.79 Å². The molecule has 2 aliphatic rings. The van der Waals surface area contributed by atoms with Crippen molar-refractivity contribution in [3.05, 3.63) is 0 Å². The van der Waals surface area contributed by atoms with Crippen molar-refractivity contribution in [1.29, 1.82) is 0 Å². The molecule has 2 N–H and O–H groups in total. The summed E-state index contributed by atoms with van der Waals surface area (Å²) in [5, 5.41) is 0. The van der Waals surface area contributed by atoms with Crippen LogP contribution in [-0.4, -0.2) is 29.9 Å². The van der Waals surface area contributed by atoms with Crippen LogP contribution in [0.3, 0.4) is 0 Å². The van der Waals surface area contributed by atoms with E-state index in [9.17, 15) is 4.79 Å². The molecule has 3 nitrogen and oxygen atoms in total. The summed E-state index contributed by atoms with van der Waals surface area (Å²) in [4.78, 5) is 14.3. The Balaban J connectivity index is 1.77. The normalized spacial score (nSPS) is 25.1. The third kappa shape index (κ3) is 3.71. The van der Waals surface area contributed by atoms with Gasteiger partial charge in [0.25, 0.3) is 0 Å². The standard InChI is InChI=1S/C15H28N2O/c1-12-7-9-17(10-8-12)15(18)14(16)11-13-5-3-2-4-6-13/h12-14H,2-11,16H2,1H3. The first-order valence-corrected chi connectivity index (χ1v) is 7.71. The molecule has 1 saturated carbocycles. The molecule has 3 heteroatoms. The molecule has 2 fully saturated rings. The first kappa shape index (κ1) is 13.9. The Hall–Kier alpha value is -0.570. The highest BCUT2D eigenvalue weighted by molar-refractivity contribution is 5.81. The molecular weight excluding hydrogens is 224 g/mol. The van der Waals surface area contributed by atoms with Crippen LogP contribution < -0.4 is 5.73 Å². The molecule has 1 aliphatic heterocycles. The van der Waals surface area contributed by atoms with E-state index in [0.29, 0.717) is 5.92 Å². The topological polar surface area (TPSA) is 46.3 Å². The third-order valence-electron chi connectivity index (χ3n) is 4.72. The molecule has 1 heterocycles. The predicted octanol–water partition coefficient (Wildman–Crippen LogP) is 2.54. The van der Waals surface area contributed by atoms with Crippen molar-refractivity contribution in [2.24, 2.45) is 17.6 Å². The zero-order chi connectivity index (χ0) is 13.0. The summed E-state index contributed by atoms with van der Waals surface area (Å²) < 4.78 is 0. The SMILES string of the molecule is CC1CCN(C(=O)C(N)CC2CCCCC2)CC1. The van der Waals surface area contributed by atoms with Gasteiger partial charge in [-0.05, 0) is 31.1 Å². The molecule has 2 rings (SSSR count). The van der Waals surface area contributed by atoms with E-state index in [1.165, 1.54) is 32.1 Å². The first-order valence-electron chi connectivity index (χ1n) is 7.71. The van der Waals surface area contributed by atoms with Gasteiger partial charge in [-0.25, -0.2) is 0 Å². The van der Waals surface area contributed by atoms with Crippen molar-refractivity contribution in [3.63, 3.8) is 0 Å². The Morgan fingerprint density at radius 1 is 1.17 bits per heavy atom. The molecule has 1 saturated heterocycles. The van der Waals surface area contributed by atoms with Crippen LogP contribution in [0.5, 0.6) is 0 Å². The maximum atomic E-state index is 12.3. The molecule has 1 unspecified atom stereocenters. The van der Waals surface area contributed by atoms with Crippen LogP contribution in [0.2, 0.25) is 0 Å². The largest absolute Gasteiger partial charge is 0.341 e. The van der Waals surface area contributed by atoms with Gasteiger partial charge >= 0.3 is 0 Å². The smallest absolute Gasteiger partial charge is 0.239 e. The maximum absolute atomic E-state index is 12.3. The summed E-state index contributed by atoms with van der Waals surface area (Å²) >= 11 is 0. The maximum Gasteiger partial charge on any atom is 0.239 e. The quantitative estimate of drug-likeness (QED) is 0.839. The van der Waals surface area contributed by atoms with Gasteiger partial charge in [0, 0.05) is 13.1 Å². The molecule has 104 valence electrons. The second kappa shape index (κ2) is 6.55. The summed E-state index contributed by atoms with van der Waals surface area (Å²) in [6.45, 7) is 4.10. The van der Waals surface area contributed by atoms with Crippen LogP contribution in [0.25, 0.3) is 0 Å². The lowest BCUT2D eigenvalue weighted by Crippen LogP contribution is -2.47. The van der Waals surface area contributed by atoms with Crippen molar-refractivity contribution in [2.45, 2.75) is 64.3 Å². The van der Waals surface area contributed by atoms with Gasteiger partial charge in [0.05, 0.1) is 6.04 Å². The van der Waals surface area contributed by atoms with E-state index >= 15 is 0 Å². The minimum absolute atomic E-state index is 0.201. The zero-order valence-corrected chi connectivity index (χ0v) is 11.7. The number of piperidine rings is 1. The lowest BCUT2D eigenvalue weighted by molar-refractivity contribution is -0.134. The molecule has 0 spiro atoms. The molecule has 0 aromatic rings. The molecule has 0 bridgehead atoms. The molecule has 18 heavy (non-hydrogen) atoms. The van der Waals surface area contributed by atoms with Gasteiger partial charge in [0.15, 0.2) is 0 Å². The Kier molecular flexibility index (Phi) is 5.04. The van der Waals surface area contributed by atoms with Gasteiger partial charge < -0.3 is 10.6 Å². The number of nitrogens with zero attached hydrogens (tertiary/aromatic N) is 1. The highest BCUT2D eigenvalue weighted by atomic mass is 16.2. The number of hydrogen-bond donors (Lipinski definition) is 1. The summed E-state index contributed by atoms with van der Waals surface area (Å²) in [5.41, 5.74) is 6.12. The van der Waals surface area contributed by atoms with E-state index in [-0.39, 0.29) is 11.9 Å². The molecular formula is C15H28N2O. The molecule has 0 aromatic carbocycles. The second-order valence-corrected chi connectivity index (χ2v) is 6.35. The van der Waals surface area contributed by atoms with Crippen LogP contribution in [-0.2, 0) is 4.79 Å². The minimum atomic E-state index is -0.249. The molecule has 1 atom stereocenters. The molecule has 1 amide bonds. The molecule has 0 radical (unpaired) electrons. The highest BCUT2D eigenvalue weighted by Crippen LogP contribution is 2.27. The zero-order valence-electron chi connectivity index (χ0n) is 11.7. The number of amides is 1. The number of carbonyl (C=O) groups excluding carboxylic acids is 1. The van der Waals surface area contributed by atoms with Crippen LogP contribution in [0, 0.1) is 11.8 Å². The summed E-state index contributed by atoms with van der Waals surface area (Å²) in [6.07, 6.45) is 9.76. The minimum Gasteiger partial charge on any atom is -0.341 e. The van der Waals surface area contributed by atoms with Crippen LogP contribution >= 0.6 is 0 Å². The van der Waals surface area contributed by atoms with Crippen molar-refractivity contribution in [2.75, 3.05) is 13.1 Å². The summed E-state index contributed by atoms with van der Waals surface area (Å²) in [7, 11) is 0. The fraction of sp³-hybridized carbons (Fsp3) is 0.933. The van der Waals surface area contributed by atoms with Crippen molar-refractivity contribution in [3.8, 4) is 0 Å². The van der Waals surface area contributed by atoms with Crippen molar-refractivity contribution in [1.82, 2.24) is 4.90 Å². The first-order chi connectivity index (χ1) is 8.66. The van der Waals surface area contributed by atoms with E-state index in [4.69, 9.17) is 5.73 Å². The third-order valence-corrected chi connectivity index (χ3v) is 4.72. The number of nitrogens with two attached hydrogens (primary N) is 1. The predicted molar refractivity (Wildman–Crippen MR) is 74.1 cm³/mol. The van der Waals surface area contributed by atoms with E-state index in [0.717, 1.165) is 38.3 Å². The Morgan fingerprint density at radius 3 is 2.39 bits per heavy atom. The van der Waals surface area contributed by atoms with E-state index in [2.05, 4.69) is 6.92 Å². The number of hydrogen-bond acceptors (Lipinski definition) is 2. The summed E-state index contributed by atoms with van der Waals surface area (Å²) in [6, 6.07) is -0.249. The number of rotatable bonds is 3. The molecule has 0 aromatic heterocycles. The average Bonchev–Trinajstić information content (AvgIpc) is 2.40.